The molecule has 1 aromatic carbocycles. The zero-order valence-corrected chi connectivity index (χ0v) is 21.1. The Morgan fingerprint density at radius 2 is 1.97 bits per heavy atom. The van der Waals surface area contributed by atoms with E-state index in [-0.39, 0.29) is 28.9 Å². The van der Waals surface area contributed by atoms with Gasteiger partial charge in [0.15, 0.2) is 0 Å². The van der Waals surface area contributed by atoms with Crippen molar-refractivity contribution in [3.8, 4) is 0 Å². The van der Waals surface area contributed by atoms with Crippen LogP contribution in [0.4, 0.5) is 0 Å². The van der Waals surface area contributed by atoms with Gasteiger partial charge < -0.3 is 10.5 Å². The lowest BCUT2D eigenvalue weighted by Crippen LogP contribution is -2.44. The quantitative estimate of drug-likeness (QED) is 0.249. The fraction of sp³-hybridized carbons (Fsp3) is 0.583. The maximum absolute atomic E-state index is 13.0. The van der Waals surface area contributed by atoms with Crippen LogP contribution in [0.1, 0.15) is 43.7 Å². The first-order valence-electron chi connectivity index (χ1n) is 12.2. The summed E-state index contributed by atoms with van der Waals surface area (Å²) in [5.41, 5.74) is 8.31. The minimum atomic E-state index is -0.672. The summed E-state index contributed by atoms with van der Waals surface area (Å²) in [5.74, 6) is 3.51. The van der Waals surface area contributed by atoms with Crippen LogP contribution in [-0.2, 0) is 27.8 Å². The van der Waals surface area contributed by atoms with Crippen LogP contribution in [0.15, 0.2) is 23.0 Å². The van der Waals surface area contributed by atoms with Crippen LogP contribution in [-0.4, -0.2) is 70.0 Å². The molecule has 4 rings (SSSR count). The molecule has 3 heterocycles. The second-order valence-corrected chi connectivity index (χ2v) is 10.7. The number of aryl methyl sites for hydroxylation is 2. The third-order valence-corrected chi connectivity index (χ3v) is 8.29. The van der Waals surface area contributed by atoms with E-state index in [9.17, 15) is 14.4 Å². The lowest BCUT2D eigenvalue weighted by atomic mass is 10.0. The lowest BCUT2D eigenvalue weighted by Gasteiger charge is -2.32. The average Bonchev–Trinajstić information content (AvgIpc) is 3.09. The molecule has 2 atom stereocenters. The van der Waals surface area contributed by atoms with E-state index in [4.69, 9.17) is 10.5 Å². The van der Waals surface area contributed by atoms with Crippen LogP contribution >= 0.6 is 10.9 Å². The van der Waals surface area contributed by atoms with Crippen molar-refractivity contribution in [1.82, 2.24) is 23.5 Å². The van der Waals surface area contributed by atoms with Gasteiger partial charge in [-0.2, -0.15) is 0 Å². The zero-order valence-electron chi connectivity index (χ0n) is 20.3. The molecule has 2 aliphatic heterocycles. The van der Waals surface area contributed by atoms with Gasteiger partial charge in [0.1, 0.15) is 6.04 Å². The highest BCUT2D eigenvalue weighted by Gasteiger charge is 2.31. The third-order valence-electron chi connectivity index (χ3n) is 6.77. The molecule has 0 bridgehead atoms. The van der Waals surface area contributed by atoms with E-state index in [1.807, 2.05) is 18.2 Å². The molecule has 0 spiro atoms. The monoisotopic (exact) mass is 504 g/mol. The van der Waals surface area contributed by atoms with Crippen molar-refractivity contribution >= 4 is 39.6 Å². The summed E-state index contributed by atoms with van der Waals surface area (Å²) in [7, 11) is 1.51. The first kappa shape index (κ1) is 25.8. The second-order valence-electron chi connectivity index (χ2n) is 9.20. The Morgan fingerprint density at radius 1 is 1.20 bits per heavy atom. The first-order valence-corrected chi connectivity index (χ1v) is 13.6. The van der Waals surface area contributed by atoms with Crippen LogP contribution in [0, 0.1) is 0 Å². The topological polar surface area (TPSA) is 124 Å². The van der Waals surface area contributed by atoms with E-state index in [1.54, 1.807) is 11.6 Å². The highest BCUT2D eigenvalue weighted by Crippen LogP contribution is 2.25. The number of aromatic nitrogens is 2. The number of imidazole rings is 1. The molecule has 2 fully saturated rings. The van der Waals surface area contributed by atoms with E-state index in [0.29, 0.717) is 25.7 Å². The van der Waals surface area contributed by atoms with E-state index >= 15 is 0 Å². The van der Waals surface area contributed by atoms with Crippen molar-refractivity contribution < 1.29 is 14.3 Å². The predicted molar refractivity (Wildman–Crippen MR) is 139 cm³/mol. The van der Waals surface area contributed by atoms with Crippen molar-refractivity contribution in [2.45, 2.75) is 50.6 Å². The van der Waals surface area contributed by atoms with Crippen LogP contribution in [0.3, 0.4) is 0 Å². The number of fused-ring (bicyclic) bond motifs is 1. The molecule has 10 nitrogen and oxygen atoms in total. The number of amides is 2. The Labute approximate surface area is 208 Å². The number of para-hydroxylation sites is 1. The minimum Gasteiger partial charge on any atom is -0.380 e. The number of hydrogen-bond donors (Lipinski definition) is 3. The van der Waals surface area contributed by atoms with Gasteiger partial charge in [0.25, 0.3) is 0 Å². The normalized spacial score (nSPS) is 20.9. The fourth-order valence-corrected chi connectivity index (χ4v) is 5.99. The number of carbonyl (C=O) groups excluding carboxylic acids is 2. The Hall–Kier alpha value is -2.31. The van der Waals surface area contributed by atoms with E-state index in [0.717, 1.165) is 61.9 Å². The highest BCUT2D eigenvalue weighted by molar-refractivity contribution is 8.10. The summed E-state index contributed by atoms with van der Waals surface area (Å²) < 4.78 is 14.7. The van der Waals surface area contributed by atoms with Gasteiger partial charge in [-0.25, -0.2) is 9.10 Å². The van der Waals surface area contributed by atoms with Crippen molar-refractivity contribution in [2.75, 3.05) is 32.8 Å². The minimum absolute atomic E-state index is 0.218. The molecule has 2 amide bonds. The number of nitrogens with two attached hydrogens (primary N) is 1. The van der Waals surface area contributed by atoms with Crippen LogP contribution in [0.5, 0.6) is 0 Å². The number of nitrogens with one attached hydrogen (secondary N) is 2. The van der Waals surface area contributed by atoms with Crippen molar-refractivity contribution in [1.29, 1.82) is 0 Å². The molecule has 0 saturated carbocycles. The number of hydrogen-bond acceptors (Lipinski definition) is 7. The molecule has 0 aliphatic carbocycles. The molecule has 35 heavy (non-hydrogen) atoms. The van der Waals surface area contributed by atoms with Crippen molar-refractivity contribution in [3.05, 3.63) is 34.2 Å². The highest BCUT2D eigenvalue weighted by atomic mass is 32.2. The van der Waals surface area contributed by atoms with Crippen molar-refractivity contribution in [3.63, 3.8) is 0 Å². The van der Waals surface area contributed by atoms with Gasteiger partial charge in [0.05, 0.1) is 17.6 Å². The molecule has 2 aliphatic rings. The molecule has 2 aromatic rings. The maximum Gasteiger partial charge on any atom is 0.329 e. The number of piperidine rings is 2. The lowest BCUT2D eigenvalue weighted by molar-refractivity contribution is -0.135. The smallest absolute Gasteiger partial charge is 0.329 e. The third kappa shape index (κ3) is 5.92. The van der Waals surface area contributed by atoms with Crippen LogP contribution in [0.25, 0.3) is 11.0 Å². The first-order chi connectivity index (χ1) is 16.9. The van der Waals surface area contributed by atoms with Gasteiger partial charge in [0, 0.05) is 45.8 Å². The zero-order chi connectivity index (χ0) is 24.9. The summed E-state index contributed by atoms with van der Waals surface area (Å²) >= 11 is 0. The number of benzene rings is 1. The molecule has 11 heteroatoms. The predicted octanol–water partition coefficient (Wildman–Crippen LogP) is 0.811. The fourth-order valence-electron chi connectivity index (χ4n) is 4.84. The van der Waals surface area contributed by atoms with Gasteiger partial charge in [-0.1, -0.05) is 23.0 Å². The molecule has 0 radical (unpaired) electrons. The number of imide groups is 1. The maximum atomic E-state index is 13.0. The summed E-state index contributed by atoms with van der Waals surface area (Å²) in [6.45, 7) is 3.94. The molecule has 1 aromatic heterocycles. The summed E-state index contributed by atoms with van der Waals surface area (Å²) in [5, 5.41) is 2.35. The van der Waals surface area contributed by atoms with Crippen molar-refractivity contribution in [2.24, 2.45) is 12.8 Å². The Morgan fingerprint density at radius 3 is 2.71 bits per heavy atom. The summed E-state index contributed by atoms with van der Waals surface area (Å²) in [4.78, 5) is 37.0. The average molecular weight is 505 g/mol. The van der Waals surface area contributed by atoms with Gasteiger partial charge in [-0.3, -0.25) is 28.8 Å². The number of carbonyl (C=O) groups is 2. The largest absolute Gasteiger partial charge is 0.380 e. The van der Waals surface area contributed by atoms with E-state index < -0.39 is 11.9 Å². The Kier molecular flexibility index (Phi) is 8.55. The van der Waals surface area contributed by atoms with Crippen LogP contribution in [0.2, 0.25) is 0 Å². The number of ether oxygens (including phenoxy) is 1. The van der Waals surface area contributed by atoms with E-state index in [1.165, 1.54) is 4.57 Å². The van der Waals surface area contributed by atoms with Crippen LogP contribution < -0.4 is 21.5 Å². The molecular weight excluding hydrogens is 468 g/mol. The second kappa shape index (κ2) is 11.6. The van der Waals surface area contributed by atoms with Gasteiger partial charge >= 0.3 is 5.69 Å². The summed E-state index contributed by atoms with van der Waals surface area (Å²) in [6, 6.07) is 5.42. The SMILES string of the molecule is C=S(NCCOCCCc1cccc2c1n(C)c(=O)n2C1CCC(=O)NC1=O)N1CCC(N)CC1. The molecular formula is C24H36N6O4S. The molecule has 4 N–H and O–H groups in total. The van der Waals surface area contributed by atoms with Gasteiger partial charge in [-0.15, -0.1) is 0 Å². The number of nitrogens with zero attached hydrogens (tertiary/aromatic N) is 3. The molecule has 2 unspecified atom stereocenters. The molecule has 2 saturated heterocycles. The van der Waals surface area contributed by atoms with E-state index in [2.05, 4.69) is 20.2 Å². The Bertz CT molecular complexity index is 1150. The standard InChI is InChI=1S/C24H36N6O4S/c1-28-22-17(6-4-15-34-16-12-26-35(2)29-13-10-18(25)11-14-29)5-3-7-19(22)30(24(28)33)20-8-9-21(31)27-23(20)32/h3,5,7,18,20,26H,2,4,6,8-16,25H2,1H3,(H,27,31,32). The summed E-state index contributed by atoms with van der Waals surface area (Å²) in [6.07, 6.45) is 4.17. The molecule has 192 valence electrons. The Balaban J connectivity index is 1.28. The van der Waals surface area contributed by atoms with Gasteiger partial charge in [0.2, 0.25) is 11.8 Å². The van der Waals surface area contributed by atoms with Gasteiger partial charge in [-0.05, 0) is 49.6 Å². The number of rotatable bonds is 10.